The molecule has 0 aliphatic carbocycles. The highest BCUT2D eigenvalue weighted by Crippen LogP contribution is 2.05. The molecule has 0 saturated carbocycles. The molecule has 0 aliphatic rings. The lowest BCUT2D eigenvalue weighted by Gasteiger charge is -1.92. The topological polar surface area (TPSA) is 54.4 Å². The van der Waals surface area contributed by atoms with E-state index in [2.05, 4.69) is 0 Å². The first-order valence-electron chi connectivity index (χ1n) is 3.04. The monoisotopic (exact) mass is 162 g/mol. The van der Waals surface area contributed by atoms with Crippen LogP contribution in [0.15, 0.2) is 0 Å². The zero-order valence-electron chi connectivity index (χ0n) is 5.79. The zero-order valence-corrected chi connectivity index (χ0v) is 6.61. The van der Waals surface area contributed by atoms with Gasteiger partial charge in [-0.1, -0.05) is 18.7 Å². The Hall–Kier alpha value is -0.510. The summed E-state index contributed by atoms with van der Waals surface area (Å²) >= 11 is 1.08. The van der Waals surface area contributed by atoms with Gasteiger partial charge in [-0.05, 0) is 0 Å². The predicted molar refractivity (Wildman–Crippen MR) is 40.0 cm³/mol. The molecule has 58 valence electrons. The van der Waals surface area contributed by atoms with E-state index in [9.17, 15) is 9.59 Å². The lowest BCUT2D eigenvalue weighted by atomic mass is 10.5. The average Bonchev–Trinajstić information content (AvgIpc) is 1.87. The van der Waals surface area contributed by atoms with Crippen LogP contribution in [-0.2, 0) is 9.59 Å². The Morgan fingerprint density at radius 1 is 1.50 bits per heavy atom. The number of aliphatic carboxylic acids is 1. The highest BCUT2D eigenvalue weighted by atomic mass is 32.2. The highest BCUT2D eigenvalue weighted by molar-refractivity contribution is 8.13. The quantitative estimate of drug-likeness (QED) is 0.673. The van der Waals surface area contributed by atoms with E-state index in [0.717, 1.165) is 11.8 Å². The van der Waals surface area contributed by atoms with Crippen LogP contribution >= 0.6 is 11.8 Å². The minimum Gasteiger partial charge on any atom is -0.481 e. The predicted octanol–water partition coefficient (Wildman–Crippen LogP) is 1.13. The lowest BCUT2D eigenvalue weighted by molar-refractivity contribution is -0.136. The van der Waals surface area contributed by atoms with Gasteiger partial charge in [0.2, 0.25) is 0 Å². The molecule has 0 unspecified atom stereocenters. The maximum atomic E-state index is 10.6. The second-order valence-electron chi connectivity index (χ2n) is 1.72. The average molecular weight is 162 g/mol. The van der Waals surface area contributed by atoms with Gasteiger partial charge in [-0.3, -0.25) is 9.59 Å². The fourth-order valence-corrected chi connectivity index (χ4v) is 1.06. The molecule has 0 aromatic heterocycles. The van der Waals surface area contributed by atoms with Crippen molar-refractivity contribution < 1.29 is 14.7 Å². The molecule has 0 fully saturated rings. The van der Waals surface area contributed by atoms with Gasteiger partial charge in [0.05, 0.1) is 6.42 Å². The van der Waals surface area contributed by atoms with E-state index < -0.39 is 5.97 Å². The summed E-state index contributed by atoms with van der Waals surface area (Å²) in [6, 6.07) is 0. The van der Waals surface area contributed by atoms with Crippen LogP contribution in [0.1, 0.15) is 19.8 Å². The van der Waals surface area contributed by atoms with Crippen LogP contribution in [0.2, 0.25) is 0 Å². The summed E-state index contributed by atoms with van der Waals surface area (Å²) in [7, 11) is 0. The Morgan fingerprint density at radius 2 is 2.10 bits per heavy atom. The van der Waals surface area contributed by atoms with Gasteiger partial charge in [0.25, 0.3) is 0 Å². The molecule has 0 aliphatic heterocycles. The minimum absolute atomic E-state index is 0.0567. The fourth-order valence-electron chi connectivity index (χ4n) is 0.354. The SMILES string of the molecule is CCC(=O)SCCC(=O)O. The first-order valence-corrected chi connectivity index (χ1v) is 4.02. The third-order valence-electron chi connectivity index (χ3n) is 0.868. The number of hydrogen-bond acceptors (Lipinski definition) is 3. The van der Waals surface area contributed by atoms with Crippen molar-refractivity contribution in [1.29, 1.82) is 0 Å². The molecule has 4 heteroatoms. The minimum atomic E-state index is -0.851. The van der Waals surface area contributed by atoms with Crippen LogP contribution in [0.25, 0.3) is 0 Å². The summed E-state index contributed by atoms with van der Waals surface area (Å²) in [6.45, 7) is 1.76. The van der Waals surface area contributed by atoms with Crippen LogP contribution < -0.4 is 0 Å². The Balaban J connectivity index is 3.20. The van der Waals surface area contributed by atoms with E-state index in [1.807, 2.05) is 0 Å². The van der Waals surface area contributed by atoms with E-state index in [1.54, 1.807) is 6.92 Å². The lowest BCUT2D eigenvalue weighted by Crippen LogP contribution is -1.98. The summed E-state index contributed by atoms with van der Waals surface area (Å²) in [5, 5.41) is 8.23. The van der Waals surface area contributed by atoms with Gasteiger partial charge in [0.15, 0.2) is 5.12 Å². The molecular formula is C6H10O3S. The largest absolute Gasteiger partial charge is 0.481 e. The number of carbonyl (C=O) groups is 2. The maximum absolute atomic E-state index is 10.6. The molecule has 3 nitrogen and oxygen atoms in total. The normalized spacial score (nSPS) is 9.30. The standard InChI is InChI=1S/C6H10O3S/c1-2-6(9)10-4-3-5(7)8/h2-4H2,1H3,(H,7,8). The van der Waals surface area contributed by atoms with Crippen LogP contribution in [0.3, 0.4) is 0 Å². The van der Waals surface area contributed by atoms with E-state index >= 15 is 0 Å². The van der Waals surface area contributed by atoms with Crippen LogP contribution in [0.5, 0.6) is 0 Å². The van der Waals surface area contributed by atoms with Crippen LogP contribution in [0, 0.1) is 0 Å². The summed E-state index contributed by atoms with van der Waals surface area (Å²) in [5.74, 6) is -0.460. The van der Waals surface area contributed by atoms with Crippen molar-refractivity contribution in [1.82, 2.24) is 0 Å². The molecule has 1 N–H and O–H groups in total. The van der Waals surface area contributed by atoms with Crippen molar-refractivity contribution in [3.63, 3.8) is 0 Å². The van der Waals surface area contributed by atoms with Gasteiger partial charge in [-0.25, -0.2) is 0 Å². The Kier molecular flexibility index (Phi) is 5.02. The number of carboxylic acid groups (broad SMARTS) is 1. The highest BCUT2D eigenvalue weighted by Gasteiger charge is 2.00. The Labute approximate surface area is 63.8 Å². The van der Waals surface area contributed by atoms with Crippen LogP contribution in [-0.4, -0.2) is 21.9 Å². The molecular weight excluding hydrogens is 152 g/mol. The summed E-state index contributed by atoms with van der Waals surface area (Å²) in [6.07, 6.45) is 0.542. The molecule has 0 rings (SSSR count). The number of carbonyl (C=O) groups excluding carboxylic acids is 1. The maximum Gasteiger partial charge on any atom is 0.304 e. The van der Waals surface area contributed by atoms with Crippen molar-refractivity contribution in [2.75, 3.05) is 5.75 Å². The van der Waals surface area contributed by atoms with E-state index in [-0.39, 0.29) is 11.5 Å². The number of thioether (sulfide) groups is 1. The molecule has 10 heavy (non-hydrogen) atoms. The smallest absolute Gasteiger partial charge is 0.304 e. The molecule has 0 atom stereocenters. The van der Waals surface area contributed by atoms with Crippen molar-refractivity contribution in [2.45, 2.75) is 19.8 Å². The second kappa shape index (κ2) is 5.29. The molecule has 0 aromatic carbocycles. The molecule has 0 radical (unpaired) electrons. The van der Waals surface area contributed by atoms with E-state index in [0.29, 0.717) is 12.2 Å². The van der Waals surface area contributed by atoms with Crippen LogP contribution in [0.4, 0.5) is 0 Å². The third kappa shape index (κ3) is 5.62. The molecule has 0 aromatic rings. The van der Waals surface area contributed by atoms with Crippen molar-refractivity contribution in [3.8, 4) is 0 Å². The van der Waals surface area contributed by atoms with Gasteiger partial charge >= 0.3 is 5.97 Å². The zero-order chi connectivity index (χ0) is 7.98. The van der Waals surface area contributed by atoms with Gasteiger partial charge in [0, 0.05) is 12.2 Å². The van der Waals surface area contributed by atoms with Gasteiger partial charge in [0.1, 0.15) is 0 Å². The van der Waals surface area contributed by atoms with Crippen molar-refractivity contribution in [2.24, 2.45) is 0 Å². The Morgan fingerprint density at radius 3 is 2.50 bits per heavy atom. The van der Waals surface area contributed by atoms with Gasteiger partial charge < -0.3 is 5.11 Å². The third-order valence-corrected chi connectivity index (χ3v) is 1.89. The molecule has 0 heterocycles. The van der Waals surface area contributed by atoms with E-state index in [4.69, 9.17) is 5.11 Å². The van der Waals surface area contributed by atoms with Crippen molar-refractivity contribution in [3.05, 3.63) is 0 Å². The van der Waals surface area contributed by atoms with Gasteiger partial charge in [-0.2, -0.15) is 0 Å². The molecule has 0 bridgehead atoms. The Bertz CT molecular complexity index is 133. The number of rotatable bonds is 4. The number of carboxylic acids is 1. The molecule has 0 amide bonds. The number of hydrogen-bond donors (Lipinski definition) is 1. The van der Waals surface area contributed by atoms with E-state index in [1.165, 1.54) is 0 Å². The first kappa shape index (κ1) is 9.49. The molecule has 0 saturated heterocycles. The summed E-state index contributed by atoms with van der Waals surface area (Å²) < 4.78 is 0. The fraction of sp³-hybridized carbons (Fsp3) is 0.667. The van der Waals surface area contributed by atoms with Crippen molar-refractivity contribution >= 4 is 22.8 Å². The second-order valence-corrected chi connectivity index (χ2v) is 2.87. The summed E-state index contributed by atoms with van der Waals surface area (Å²) in [5.41, 5.74) is 0. The van der Waals surface area contributed by atoms with Gasteiger partial charge in [-0.15, -0.1) is 0 Å². The molecule has 0 spiro atoms. The summed E-state index contributed by atoms with van der Waals surface area (Å²) in [4.78, 5) is 20.5. The first-order chi connectivity index (χ1) is 4.66.